The molecule has 1 saturated carbocycles. The second-order valence-corrected chi connectivity index (χ2v) is 13.4. The highest BCUT2D eigenvalue weighted by Crippen LogP contribution is 2.45. The van der Waals surface area contributed by atoms with E-state index in [0.717, 1.165) is 63.0 Å². The van der Waals surface area contributed by atoms with Crippen molar-refractivity contribution in [3.05, 3.63) is 59.7 Å². The van der Waals surface area contributed by atoms with Crippen LogP contribution in [0.15, 0.2) is 48.5 Å². The zero-order valence-corrected chi connectivity index (χ0v) is 26.9. The fourth-order valence-electron chi connectivity index (χ4n) is 6.34. The zero-order chi connectivity index (χ0) is 29.0. The quantitative estimate of drug-likeness (QED) is 0.182. The van der Waals surface area contributed by atoms with Crippen LogP contribution in [0.4, 0.5) is 0 Å². The molecule has 2 aromatic carbocycles. The monoisotopic (exact) mass is 582 g/mol. The van der Waals surface area contributed by atoms with E-state index >= 15 is 0 Å². The van der Waals surface area contributed by atoms with Gasteiger partial charge in [-0.05, 0) is 103 Å². The van der Waals surface area contributed by atoms with Crippen LogP contribution in [0.3, 0.4) is 0 Å². The number of ether oxygens (including phenoxy) is 2. The summed E-state index contributed by atoms with van der Waals surface area (Å²) in [7, 11) is 0. The minimum absolute atomic E-state index is 0.0289. The van der Waals surface area contributed by atoms with Gasteiger partial charge in [0.05, 0.1) is 0 Å². The lowest BCUT2D eigenvalue weighted by atomic mass is 9.62. The number of para-hydroxylation sites is 2. The number of thiocarbonyl (C=S) groups is 2. The summed E-state index contributed by atoms with van der Waals surface area (Å²) >= 11 is 11.3. The van der Waals surface area contributed by atoms with Gasteiger partial charge >= 0.3 is 0 Å². The van der Waals surface area contributed by atoms with Crippen LogP contribution >= 0.6 is 24.4 Å². The van der Waals surface area contributed by atoms with Crippen LogP contribution in [0.25, 0.3) is 0 Å². The Labute approximate surface area is 254 Å². The summed E-state index contributed by atoms with van der Waals surface area (Å²) in [5.41, 5.74) is 2.63. The zero-order valence-electron chi connectivity index (χ0n) is 25.3. The maximum atomic E-state index is 6.19. The van der Waals surface area contributed by atoms with Gasteiger partial charge in [0.1, 0.15) is 11.5 Å². The second-order valence-electron chi connectivity index (χ2n) is 12.7. The van der Waals surface area contributed by atoms with Crippen LogP contribution in [-0.4, -0.2) is 22.9 Å². The molecule has 0 aromatic heterocycles. The largest absolute Gasteiger partial charge is 0.432 e. The van der Waals surface area contributed by atoms with Gasteiger partial charge in [-0.15, -0.1) is 0 Å². The SMILES string of the molecule is CCCCCc1ccccc1OC(=S)NCC1(C)CC(NC(=S)Oc2ccccc2CCCCC)CC(C)(C)C1. The normalized spacial score (nSPS) is 20.0. The number of nitrogens with one attached hydrogen (secondary N) is 2. The highest BCUT2D eigenvalue weighted by atomic mass is 32.1. The van der Waals surface area contributed by atoms with Crippen LogP contribution in [0.2, 0.25) is 0 Å². The Balaban J connectivity index is 1.57. The molecule has 2 atom stereocenters. The lowest BCUT2D eigenvalue weighted by Gasteiger charge is -2.47. The molecule has 0 bridgehead atoms. The average Bonchev–Trinajstić information content (AvgIpc) is 2.88. The molecule has 2 N–H and O–H groups in total. The highest BCUT2D eigenvalue weighted by molar-refractivity contribution is 7.80. The van der Waals surface area contributed by atoms with Gasteiger partial charge in [-0.2, -0.15) is 0 Å². The van der Waals surface area contributed by atoms with E-state index < -0.39 is 0 Å². The Morgan fingerprint density at radius 2 is 1.30 bits per heavy atom. The van der Waals surface area contributed by atoms with E-state index in [9.17, 15) is 0 Å². The molecule has 0 aliphatic heterocycles. The molecule has 3 rings (SSSR count). The first-order valence-electron chi connectivity index (χ1n) is 15.2. The molecule has 40 heavy (non-hydrogen) atoms. The van der Waals surface area contributed by atoms with E-state index in [-0.39, 0.29) is 16.9 Å². The van der Waals surface area contributed by atoms with Crippen LogP contribution in [0, 0.1) is 10.8 Å². The molecule has 4 nitrogen and oxygen atoms in total. The van der Waals surface area contributed by atoms with Gasteiger partial charge in [0.15, 0.2) is 0 Å². The average molecular weight is 583 g/mol. The fraction of sp³-hybridized carbons (Fsp3) is 0.588. The second kappa shape index (κ2) is 15.7. The van der Waals surface area contributed by atoms with Gasteiger partial charge in [-0.1, -0.05) is 96.7 Å². The summed E-state index contributed by atoms with van der Waals surface area (Å²) in [5.74, 6) is 1.73. The van der Waals surface area contributed by atoms with E-state index in [0.29, 0.717) is 10.3 Å². The Hall–Kier alpha value is -2.18. The Kier molecular flexibility index (Phi) is 12.7. The predicted molar refractivity (Wildman–Crippen MR) is 176 cm³/mol. The molecule has 0 amide bonds. The first-order chi connectivity index (χ1) is 19.1. The molecule has 0 spiro atoms. The van der Waals surface area contributed by atoms with Crippen LogP contribution in [-0.2, 0) is 12.8 Å². The molecular weight excluding hydrogens is 533 g/mol. The number of hydrogen-bond donors (Lipinski definition) is 2. The molecule has 2 unspecified atom stereocenters. The Bertz CT molecular complexity index is 1100. The van der Waals surface area contributed by atoms with E-state index in [4.69, 9.17) is 33.9 Å². The smallest absolute Gasteiger partial charge is 0.262 e. The lowest BCUT2D eigenvalue weighted by molar-refractivity contribution is 0.0787. The predicted octanol–water partition coefficient (Wildman–Crippen LogP) is 8.94. The Morgan fingerprint density at radius 1 is 0.775 bits per heavy atom. The van der Waals surface area contributed by atoms with Crippen molar-refractivity contribution in [2.45, 2.75) is 111 Å². The van der Waals surface area contributed by atoms with Gasteiger partial charge in [0.25, 0.3) is 10.3 Å². The summed E-state index contributed by atoms with van der Waals surface area (Å²) in [5, 5.41) is 7.88. The van der Waals surface area contributed by atoms with E-state index in [1.54, 1.807) is 0 Å². The first-order valence-corrected chi connectivity index (χ1v) is 16.0. The third kappa shape index (κ3) is 10.7. The third-order valence-electron chi connectivity index (χ3n) is 7.87. The molecule has 1 aliphatic carbocycles. The molecule has 0 saturated heterocycles. The molecule has 2 aromatic rings. The minimum Gasteiger partial charge on any atom is -0.432 e. The fourth-order valence-corrected chi connectivity index (χ4v) is 6.76. The molecule has 1 fully saturated rings. The van der Waals surface area contributed by atoms with Crippen molar-refractivity contribution < 1.29 is 9.47 Å². The summed E-state index contributed by atoms with van der Waals surface area (Å²) < 4.78 is 12.3. The maximum absolute atomic E-state index is 6.19. The lowest BCUT2D eigenvalue weighted by Crippen LogP contribution is -2.51. The minimum atomic E-state index is 0.0289. The summed E-state index contributed by atoms with van der Waals surface area (Å²) in [6.45, 7) is 12.2. The van der Waals surface area contributed by atoms with E-state index in [1.165, 1.54) is 36.8 Å². The van der Waals surface area contributed by atoms with Crippen molar-refractivity contribution in [3.8, 4) is 11.5 Å². The molecule has 0 radical (unpaired) electrons. The number of rotatable bonds is 13. The van der Waals surface area contributed by atoms with Gasteiger partial charge in [0, 0.05) is 12.6 Å². The Morgan fingerprint density at radius 3 is 1.85 bits per heavy atom. The number of hydrogen-bond acceptors (Lipinski definition) is 4. The summed E-state index contributed by atoms with van der Waals surface area (Å²) in [6.07, 6.45) is 12.3. The number of unbranched alkanes of at least 4 members (excludes halogenated alkanes) is 4. The standard InChI is InChI=1S/C34H50N2O2S2/c1-6-8-10-16-26-18-12-14-20-29(26)37-31(39)35-25-34(5)23-28(22-33(3,4)24-34)36-32(40)38-30-21-15-13-19-27(30)17-11-9-7-2/h12-15,18-21,28H,6-11,16-17,22-25H2,1-5H3,(H,35,39)(H,36,40). The topological polar surface area (TPSA) is 42.5 Å². The molecule has 220 valence electrons. The van der Waals surface area contributed by atoms with Crippen LogP contribution in [0.5, 0.6) is 11.5 Å². The summed E-state index contributed by atoms with van der Waals surface area (Å²) in [6, 6.07) is 16.7. The van der Waals surface area contributed by atoms with Crippen molar-refractivity contribution in [2.75, 3.05) is 6.54 Å². The highest BCUT2D eigenvalue weighted by Gasteiger charge is 2.41. The van der Waals surface area contributed by atoms with Gasteiger partial charge in [-0.3, -0.25) is 0 Å². The molecule has 0 heterocycles. The van der Waals surface area contributed by atoms with E-state index in [2.05, 4.69) is 69.5 Å². The molecule has 6 heteroatoms. The van der Waals surface area contributed by atoms with Crippen LogP contribution < -0.4 is 20.1 Å². The summed E-state index contributed by atoms with van der Waals surface area (Å²) in [4.78, 5) is 0. The third-order valence-corrected chi connectivity index (χ3v) is 8.30. The van der Waals surface area contributed by atoms with Crippen molar-refractivity contribution >= 4 is 34.8 Å². The van der Waals surface area contributed by atoms with Gasteiger partial charge < -0.3 is 20.1 Å². The number of benzene rings is 2. The van der Waals surface area contributed by atoms with Gasteiger partial charge in [0.2, 0.25) is 0 Å². The van der Waals surface area contributed by atoms with Crippen molar-refractivity contribution in [1.29, 1.82) is 0 Å². The maximum Gasteiger partial charge on any atom is 0.262 e. The molecular formula is C34H50N2O2S2. The van der Waals surface area contributed by atoms with Gasteiger partial charge in [-0.25, -0.2) is 0 Å². The van der Waals surface area contributed by atoms with Crippen molar-refractivity contribution in [2.24, 2.45) is 10.8 Å². The number of aryl methyl sites for hydroxylation is 2. The molecule has 1 aliphatic rings. The van der Waals surface area contributed by atoms with E-state index in [1.807, 2.05) is 24.3 Å². The first kappa shape index (κ1) is 32.3. The van der Waals surface area contributed by atoms with Crippen LogP contribution in [0.1, 0.15) is 104 Å². The van der Waals surface area contributed by atoms with Crippen molar-refractivity contribution in [3.63, 3.8) is 0 Å². The van der Waals surface area contributed by atoms with Crippen molar-refractivity contribution in [1.82, 2.24) is 10.6 Å².